The van der Waals surface area contributed by atoms with Gasteiger partial charge in [-0.2, -0.15) is 0 Å². The maximum Gasteiger partial charge on any atom is 0.255 e. The van der Waals surface area contributed by atoms with Gasteiger partial charge in [-0.1, -0.05) is 26.8 Å². The zero-order chi connectivity index (χ0) is 20.2. The Bertz CT molecular complexity index is 828. The van der Waals surface area contributed by atoms with Crippen molar-refractivity contribution in [1.29, 1.82) is 0 Å². The van der Waals surface area contributed by atoms with Crippen molar-refractivity contribution in [1.82, 2.24) is 0 Å². The van der Waals surface area contributed by atoms with E-state index in [1.54, 1.807) is 50.6 Å². The first kappa shape index (κ1) is 20.3. The third-order valence-electron chi connectivity index (χ3n) is 4.07. The van der Waals surface area contributed by atoms with Crippen LogP contribution in [-0.4, -0.2) is 26.0 Å². The smallest absolute Gasteiger partial charge is 0.255 e. The molecule has 144 valence electrons. The molecule has 6 nitrogen and oxygen atoms in total. The Morgan fingerprint density at radius 1 is 0.889 bits per heavy atom. The van der Waals surface area contributed by atoms with Crippen molar-refractivity contribution in [3.8, 4) is 11.5 Å². The molecule has 2 aromatic rings. The number of carbonyl (C=O) groups excluding carboxylic acids is 2. The molecule has 0 aromatic heterocycles. The first-order valence-electron chi connectivity index (χ1n) is 8.61. The Hall–Kier alpha value is -3.02. The van der Waals surface area contributed by atoms with Crippen LogP contribution in [0.4, 0.5) is 11.4 Å². The van der Waals surface area contributed by atoms with Crippen LogP contribution in [0.3, 0.4) is 0 Å². The maximum atomic E-state index is 12.6. The van der Waals surface area contributed by atoms with Gasteiger partial charge in [-0.15, -0.1) is 0 Å². The van der Waals surface area contributed by atoms with Crippen molar-refractivity contribution in [2.75, 3.05) is 24.9 Å². The Morgan fingerprint density at radius 3 is 1.89 bits per heavy atom. The van der Waals surface area contributed by atoms with E-state index < -0.39 is 5.41 Å². The van der Waals surface area contributed by atoms with E-state index in [1.165, 1.54) is 0 Å². The van der Waals surface area contributed by atoms with Gasteiger partial charge in [-0.3, -0.25) is 9.59 Å². The van der Waals surface area contributed by atoms with Gasteiger partial charge in [0.2, 0.25) is 5.91 Å². The van der Waals surface area contributed by atoms with Crippen molar-refractivity contribution in [2.24, 2.45) is 5.41 Å². The number of methoxy groups -OCH3 is 2. The fourth-order valence-electron chi connectivity index (χ4n) is 2.41. The lowest BCUT2D eigenvalue weighted by molar-refractivity contribution is -0.123. The highest BCUT2D eigenvalue weighted by atomic mass is 16.5. The number of nitrogens with one attached hydrogen (secondary N) is 2. The lowest BCUT2D eigenvalue weighted by atomic mass is 9.95. The van der Waals surface area contributed by atoms with E-state index in [-0.39, 0.29) is 11.8 Å². The number of rotatable bonds is 5. The zero-order valence-electron chi connectivity index (χ0n) is 16.6. The summed E-state index contributed by atoms with van der Waals surface area (Å²) in [5.41, 5.74) is 1.92. The molecule has 2 amide bonds. The van der Waals surface area contributed by atoms with Gasteiger partial charge in [0.25, 0.3) is 5.91 Å². The van der Waals surface area contributed by atoms with Crippen molar-refractivity contribution in [3.63, 3.8) is 0 Å². The number of benzene rings is 2. The van der Waals surface area contributed by atoms with Crippen LogP contribution < -0.4 is 20.1 Å². The van der Waals surface area contributed by atoms with Crippen LogP contribution in [0.25, 0.3) is 0 Å². The number of carbonyl (C=O) groups is 2. The van der Waals surface area contributed by atoms with Gasteiger partial charge in [0.15, 0.2) is 0 Å². The third-order valence-corrected chi connectivity index (χ3v) is 4.07. The van der Waals surface area contributed by atoms with Crippen molar-refractivity contribution < 1.29 is 19.1 Å². The molecule has 0 saturated heterocycles. The standard InChI is InChI=1S/C21H26N2O4/c1-13-17(26-5)10-14(11-18(13)27-6)19(24)22-15-8-7-9-16(12-15)23-20(25)21(2,3)4/h7-12H,1-6H3,(H,22,24)(H,23,25). The highest BCUT2D eigenvalue weighted by molar-refractivity contribution is 6.05. The van der Waals surface area contributed by atoms with Crippen LogP contribution in [0, 0.1) is 12.3 Å². The second-order valence-corrected chi connectivity index (χ2v) is 7.24. The Labute approximate surface area is 159 Å². The Balaban J connectivity index is 2.21. The summed E-state index contributed by atoms with van der Waals surface area (Å²) in [5.74, 6) is 0.751. The largest absolute Gasteiger partial charge is 0.496 e. The van der Waals surface area contributed by atoms with E-state index in [0.717, 1.165) is 5.56 Å². The molecule has 0 spiro atoms. The average Bonchev–Trinajstić information content (AvgIpc) is 2.61. The summed E-state index contributed by atoms with van der Waals surface area (Å²) < 4.78 is 10.6. The average molecular weight is 370 g/mol. The highest BCUT2D eigenvalue weighted by Crippen LogP contribution is 2.30. The van der Waals surface area contributed by atoms with Gasteiger partial charge in [-0.25, -0.2) is 0 Å². The molecule has 0 heterocycles. The number of amides is 2. The van der Waals surface area contributed by atoms with Crippen molar-refractivity contribution >= 4 is 23.2 Å². The van der Waals surface area contributed by atoms with Gasteiger partial charge < -0.3 is 20.1 Å². The van der Waals surface area contributed by atoms with Gasteiger partial charge >= 0.3 is 0 Å². The van der Waals surface area contributed by atoms with Gasteiger partial charge in [-0.05, 0) is 37.3 Å². The highest BCUT2D eigenvalue weighted by Gasteiger charge is 2.21. The molecule has 0 saturated carbocycles. The Morgan fingerprint density at radius 2 is 1.41 bits per heavy atom. The molecule has 0 bridgehead atoms. The predicted octanol–water partition coefficient (Wildman–Crippen LogP) is 4.25. The van der Waals surface area contributed by atoms with E-state index in [0.29, 0.717) is 28.4 Å². The van der Waals surface area contributed by atoms with E-state index in [4.69, 9.17) is 9.47 Å². The number of hydrogen-bond acceptors (Lipinski definition) is 4. The maximum absolute atomic E-state index is 12.6. The summed E-state index contributed by atoms with van der Waals surface area (Å²) in [5, 5.41) is 5.68. The third kappa shape index (κ3) is 5.00. The molecule has 0 atom stereocenters. The minimum Gasteiger partial charge on any atom is -0.496 e. The number of anilines is 2. The summed E-state index contributed by atoms with van der Waals surface area (Å²) in [6.07, 6.45) is 0. The first-order chi connectivity index (χ1) is 12.7. The minimum atomic E-state index is -0.506. The fraction of sp³-hybridized carbons (Fsp3) is 0.333. The van der Waals surface area contributed by atoms with Gasteiger partial charge in [0.1, 0.15) is 11.5 Å². The van der Waals surface area contributed by atoms with E-state index >= 15 is 0 Å². The quantitative estimate of drug-likeness (QED) is 0.825. The monoisotopic (exact) mass is 370 g/mol. The van der Waals surface area contributed by atoms with Crippen LogP contribution in [-0.2, 0) is 4.79 Å². The second kappa shape index (κ2) is 8.12. The second-order valence-electron chi connectivity index (χ2n) is 7.24. The van der Waals surface area contributed by atoms with Crippen LogP contribution >= 0.6 is 0 Å². The molecule has 2 N–H and O–H groups in total. The van der Waals surface area contributed by atoms with E-state index in [9.17, 15) is 9.59 Å². The van der Waals surface area contributed by atoms with Crippen LogP contribution in [0.1, 0.15) is 36.7 Å². The molecule has 2 rings (SSSR count). The van der Waals surface area contributed by atoms with Crippen LogP contribution in [0.5, 0.6) is 11.5 Å². The fourth-order valence-corrected chi connectivity index (χ4v) is 2.41. The topological polar surface area (TPSA) is 76.7 Å². The molecule has 6 heteroatoms. The molecule has 0 aliphatic rings. The lowest BCUT2D eigenvalue weighted by Gasteiger charge is -2.18. The molecule has 0 aliphatic carbocycles. The molecule has 0 radical (unpaired) electrons. The van der Waals surface area contributed by atoms with Crippen LogP contribution in [0.15, 0.2) is 36.4 Å². The molecular weight excluding hydrogens is 344 g/mol. The SMILES string of the molecule is COc1cc(C(=O)Nc2cccc(NC(=O)C(C)(C)C)c2)cc(OC)c1C. The summed E-state index contributed by atoms with van der Waals surface area (Å²) in [6, 6.07) is 10.3. The zero-order valence-corrected chi connectivity index (χ0v) is 16.6. The van der Waals surface area contributed by atoms with E-state index in [2.05, 4.69) is 10.6 Å². The molecule has 2 aromatic carbocycles. The summed E-state index contributed by atoms with van der Waals surface area (Å²) in [4.78, 5) is 24.8. The normalized spacial score (nSPS) is 10.9. The van der Waals surface area contributed by atoms with Gasteiger partial charge in [0.05, 0.1) is 14.2 Å². The molecule has 27 heavy (non-hydrogen) atoms. The van der Waals surface area contributed by atoms with Crippen molar-refractivity contribution in [2.45, 2.75) is 27.7 Å². The summed E-state index contributed by atoms with van der Waals surface area (Å²) in [7, 11) is 3.09. The molecule has 0 aliphatic heterocycles. The first-order valence-corrected chi connectivity index (χ1v) is 8.61. The van der Waals surface area contributed by atoms with E-state index in [1.807, 2.05) is 27.7 Å². The molecular formula is C21H26N2O4. The summed E-state index contributed by atoms with van der Waals surface area (Å²) >= 11 is 0. The minimum absolute atomic E-state index is 0.0982. The predicted molar refractivity (Wildman–Crippen MR) is 107 cm³/mol. The molecule has 0 fully saturated rings. The summed E-state index contributed by atoms with van der Waals surface area (Å²) in [6.45, 7) is 7.38. The van der Waals surface area contributed by atoms with Gasteiger partial charge in [0, 0.05) is 27.9 Å². The van der Waals surface area contributed by atoms with Crippen molar-refractivity contribution in [3.05, 3.63) is 47.5 Å². The lowest BCUT2D eigenvalue weighted by Crippen LogP contribution is -2.27. The Kier molecular flexibility index (Phi) is 6.10. The van der Waals surface area contributed by atoms with Crippen LogP contribution in [0.2, 0.25) is 0 Å². The number of hydrogen-bond donors (Lipinski definition) is 2. The number of ether oxygens (including phenoxy) is 2. The molecule has 0 unspecified atom stereocenters.